The summed E-state index contributed by atoms with van der Waals surface area (Å²) < 4.78 is 0.811. The summed E-state index contributed by atoms with van der Waals surface area (Å²) in [6.07, 6.45) is 2.17. The molecule has 1 aliphatic heterocycles. The highest BCUT2D eigenvalue weighted by atomic mass is 79.9. The molecule has 7 heteroatoms. The highest BCUT2D eigenvalue weighted by Gasteiger charge is 2.37. The van der Waals surface area contributed by atoms with Crippen LogP contribution in [0.5, 0.6) is 0 Å². The highest BCUT2D eigenvalue weighted by molar-refractivity contribution is 9.10. The molecule has 0 atom stereocenters. The first kappa shape index (κ1) is 23.9. The van der Waals surface area contributed by atoms with Crippen LogP contribution in [0.4, 0.5) is 10.5 Å². The lowest BCUT2D eigenvalue weighted by Gasteiger charge is -2.27. The summed E-state index contributed by atoms with van der Waals surface area (Å²) >= 11 is 9.59. The van der Waals surface area contributed by atoms with Crippen molar-refractivity contribution in [2.75, 3.05) is 4.90 Å². The van der Waals surface area contributed by atoms with Crippen molar-refractivity contribution in [3.05, 3.63) is 103 Å². The van der Waals surface area contributed by atoms with Crippen LogP contribution in [-0.2, 0) is 16.0 Å². The molecule has 3 aromatic rings. The molecule has 0 spiro atoms. The lowest BCUT2D eigenvalue weighted by Crippen LogP contribution is -2.54. The average Bonchev–Trinajstić information content (AvgIpc) is 2.74. The van der Waals surface area contributed by atoms with Crippen LogP contribution in [0.25, 0.3) is 6.08 Å². The van der Waals surface area contributed by atoms with Crippen LogP contribution in [0.3, 0.4) is 0 Å². The van der Waals surface area contributed by atoms with Crippen molar-refractivity contribution >= 4 is 57.1 Å². The molecule has 0 unspecified atom stereocenters. The molecule has 3 aromatic carbocycles. The van der Waals surface area contributed by atoms with Gasteiger partial charge in [-0.15, -0.1) is 0 Å². The fourth-order valence-corrected chi connectivity index (χ4v) is 4.65. The Morgan fingerprint density at radius 3 is 2.35 bits per heavy atom. The first-order chi connectivity index (χ1) is 16.1. The third kappa shape index (κ3) is 4.98. The van der Waals surface area contributed by atoms with Gasteiger partial charge in [0.15, 0.2) is 0 Å². The number of nitrogens with zero attached hydrogens (tertiary/aromatic N) is 1. The number of anilines is 1. The van der Waals surface area contributed by atoms with Gasteiger partial charge in [0.25, 0.3) is 11.8 Å². The molecule has 4 rings (SSSR count). The Bertz CT molecular complexity index is 1360. The lowest BCUT2D eigenvalue weighted by molar-refractivity contribution is -0.122. The summed E-state index contributed by atoms with van der Waals surface area (Å²) in [6.45, 7) is 5.87. The second-order valence-electron chi connectivity index (χ2n) is 8.40. The molecule has 1 fully saturated rings. The molecule has 0 aliphatic carbocycles. The van der Waals surface area contributed by atoms with Crippen LogP contribution >= 0.6 is 27.5 Å². The van der Waals surface area contributed by atoms with E-state index in [1.54, 1.807) is 25.1 Å². The van der Waals surface area contributed by atoms with E-state index in [9.17, 15) is 14.4 Å². The van der Waals surface area contributed by atoms with Crippen molar-refractivity contribution in [1.82, 2.24) is 5.32 Å². The van der Waals surface area contributed by atoms with E-state index in [1.807, 2.05) is 18.2 Å². The SMILES string of the molecule is Cc1cc(C)cc(Cc2ccc(Br)cc2/C=C2\C(=O)NC(=O)N(c3cc(Cl)ccc3C)C2=O)c1. The summed E-state index contributed by atoms with van der Waals surface area (Å²) in [5.74, 6) is -1.43. The second-order valence-corrected chi connectivity index (χ2v) is 9.76. The smallest absolute Gasteiger partial charge is 0.273 e. The Hall–Kier alpha value is -3.22. The summed E-state index contributed by atoms with van der Waals surface area (Å²) in [4.78, 5) is 39.6. The molecule has 5 nitrogen and oxygen atoms in total. The topological polar surface area (TPSA) is 66.5 Å². The predicted octanol–water partition coefficient (Wildman–Crippen LogP) is 6.28. The minimum atomic E-state index is -0.804. The Labute approximate surface area is 211 Å². The minimum Gasteiger partial charge on any atom is -0.273 e. The van der Waals surface area contributed by atoms with E-state index in [2.05, 4.69) is 53.3 Å². The number of benzene rings is 3. The van der Waals surface area contributed by atoms with Gasteiger partial charge in [-0.05, 0) is 79.8 Å². The van der Waals surface area contributed by atoms with E-state index in [0.29, 0.717) is 28.3 Å². The van der Waals surface area contributed by atoms with Gasteiger partial charge in [-0.1, -0.05) is 69.0 Å². The van der Waals surface area contributed by atoms with Crippen molar-refractivity contribution in [2.24, 2.45) is 0 Å². The van der Waals surface area contributed by atoms with Crippen LogP contribution in [0.1, 0.15) is 33.4 Å². The Morgan fingerprint density at radius 2 is 1.65 bits per heavy atom. The molecule has 1 heterocycles. The second kappa shape index (κ2) is 9.57. The Balaban J connectivity index is 1.77. The van der Waals surface area contributed by atoms with E-state index in [0.717, 1.165) is 20.5 Å². The largest absolute Gasteiger partial charge is 0.335 e. The quantitative estimate of drug-likeness (QED) is 0.314. The molecule has 1 saturated heterocycles. The molecule has 0 bridgehead atoms. The summed E-state index contributed by atoms with van der Waals surface area (Å²) in [6, 6.07) is 16.2. The molecular weight excluding hydrogens is 516 g/mol. The van der Waals surface area contributed by atoms with Crippen molar-refractivity contribution in [3.63, 3.8) is 0 Å². The number of hydrogen-bond acceptors (Lipinski definition) is 3. The van der Waals surface area contributed by atoms with E-state index in [4.69, 9.17) is 11.6 Å². The number of aryl methyl sites for hydroxylation is 3. The van der Waals surface area contributed by atoms with Gasteiger partial charge in [0.1, 0.15) is 5.57 Å². The number of halogens is 2. The fourth-order valence-electron chi connectivity index (χ4n) is 4.11. The zero-order valence-corrected chi connectivity index (χ0v) is 21.3. The lowest BCUT2D eigenvalue weighted by atomic mass is 9.95. The van der Waals surface area contributed by atoms with Crippen molar-refractivity contribution in [3.8, 4) is 0 Å². The van der Waals surface area contributed by atoms with Gasteiger partial charge < -0.3 is 0 Å². The highest BCUT2D eigenvalue weighted by Crippen LogP contribution is 2.29. The maximum atomic E-state index is 13.4. The maximum absolute atomic E-state index is 13.4. The average molecular weight is 538 g/mol. The van der Waals surface area contributed by atoms with Gasteiger partial charge in [0.2, 0.25) is 0 Å². The molecule has 0 aromatic heterocycles. The van der Waals surface area contributed by atoms with Gasteiger partial charge in [-0.2, -0.15) is 0 Å². The molecule has 1 aliphatic rings. The maximum Gasteiger partial charge on any atom is 0.335 e. The van der Waals surface area contributed by atoms with E-state index < -0.39 is 17.8 Å². The molecule has 1 N–H and O–H groups in total. The van der Waals surface area contributed by atoms with Crippen LogP contribution in [0, 0.1) is 20.8 Å². The van der Waals surface area contributed by atoms with Gasteiger partial charge in [0, 0.05) is 9.50 Å². The van der Waals surface area contributed by atoms with Crippen molar-refractivity contribution in [2.45, 2.75) is 27.2 Å². The summed E-state index contributed by atoms with van der Waals surface area (Å²) in [5.41, 5.74) is 6.01. The third-order valence-electron chi connectivity index (χ3n) is 5.60. The number of amides is 4. The Kier molecular flexibility index (Phi) is 6.73. The number of rotatable bonds is 4. The molecular formula is C27H22BrClN2O3. The van der Waals surface area contributed by atoms with Crippen LogP contribution < -0.4 is 10.2 Å². The van der Waals surface area contributed by atoms with Gasteiger partial charge >= 0.3 is 6.03 Å². The first-order valence-electron chi connectivity index (χ1n) is 10.7. The summed E-state index contributed by atoms with van der Waals surface area (Å²) in [5, 5.41) is 2.66. The molecule has 0 saturated carbocycles. The number of hydrogen-bond donors (Lipinski definition) is 1. The number of carbonyl (C=O) groups is 3. The summed E-state index contributed by atoms with van der Waals surface area (Å²) in [7, 11) is 0. The van der Waals surface area contributed by atoms with Crippen molar-refractivity contribution in [1.29, 1.82) is 0 Å². The zero-order chi connectivity index (χ0) is 24.6. The molecule has 4 amide bonds. The van der Waals surface area contributed by atoms with E-state index in [-0.39, 0.29) is 5.57 Å². The van der Waals surface area contributed by atoms with Gasteiger partial charge in [-0.25, -0.2) is 9.69 Å². The molecule has 34 heavy (non-hydrogen) atoms. The van der Waals surface area contributed by atoms with Gasteiger partial charge in [0.05, 0.1) is 5.69 Å². The van der Waals surface area contributed by atoms with Gasteiger partial charge in [-0.3, -0.25) is 14.9 Å². The van der Waals surface area contributed by atoms with E-state index >= 15 is 0 Å². The number of imide groups is 2. The van der Waals surface area contributed by atoms with Crippen LogP contribution in [0.15, 0.2) is 64.6 Å². The first-order valence-corrected chi connectivity index (χ1v) is 11.8. The number of urea groups is 1. The monoisotopic (exact) mass is 536 g/mol. The number of barbiturate groups is 1. The predicted molar refractivity (Wildman–Crippen MR) is 138 cm³/mol. The van der Waals surface area contributed by atoms with Crippen LogP contribution in [-0.4, -0.2) is 17.8 Å². The molecule has 172 valence electrons. The fraction of sp³-hybridized carbons (Fsp3) is 0.148. The zero-order valence-electron chi connectivity index (χ0n) is 18.9. The third-order valence-corrected chi connectivity index (χ3v) is 6.33. The minimum absolute atomic E-state index is 0.126. The van der Waals surface area contributed by atoms with E-state index in [1.165, 1.54) is 17.2 Å². The standard InChI is InChI=1S/C27H22BrClN2O3/c1-15-8-16(2)10-18(9-15)11-19-5-6-21(28)12-20(19)13-23-25(32)30-27(34)31(26(23)33)24-14-22(29)7-4-17(24)3/h4-10,12-14H,11H2,1-3H3,(H,30,32,34)/b23-13+. The number of nitrogens with one attached hydrogen (secondary N) is 1. The van der Waals surface area contributed by atoms with Crippen molar-refractivity contribution < 1.29 is 14.4 Å². The normalized spacial score (nSPS) is 15.1. The molecule has 0 radical (unpaired) electrons. The number of carbonyl (C=O) groups excluding carboxylic acids is 3. The Morgan fingerprint density at radius 1 is 0.941 bits per heavy atom. The van der Waals surface area contributed by atoms with Crippen LogP contribution in [0.2, 0.25) is 5.02 Å².